The van der Waals surface area contributed by atoms with Crippen molar-refractivity contribution in [1.82, 2.24) is 0 Å². The largest absolute Gasteiger partial charge is 0.416 e. The molecule has 1 aliphatic rings. The molecule has 29 heavy (non-hydrogen) atoms. The normalized spacial score (nSPS) is 14.9. The molecule has 0 amide bonds. The zero-order chi connectivity index (χ0) is 20.9. The van der Waals surface area contributed by atoms with Crippen molar-refractivity contribution in [3.05, 3.63) is 69.3 Å². The number of morpholine rings is 1. The van der Waals surface area contributed by atoms with Crippen LogP contribution in [0.3, 0.4) is 0 Å². The minimum absolute atomic E-state index is 0.0252. The molecule has 154 valence electrons. The molecule has 0 N–H and O–H groups in total. The van der Waals surface area contributed by atoms with E-state index in [0.29, 0.717) is 43.1 Å². The van der Waals surface area contributed by atoms with E-state index in [0.717, 1.165) is 12.1 Å². The van der Waals surface area contributed by atoms with Gasteiger partial charge in [-0.15, -0.1) is 0 Å². The molecule has 2 aromatic carbocycles. The molecule has 1 fully saturated rings. The van der Waals surface area contributed by atoms with Crippen LogP contribution >= 0.6 is 0 Å². The van der Waals surface area contributed by atoms with E-state index < -0.39 is 16.7 Å². The van der Waals surface area contributed by atoms with Crippen molar-refractivity contribution in [3.8, 4) is 0 Å². The third-order valence-corrected chi connectivity index (χ3v) is 4.34. The summed E-state index contributed by atoms with van der Waals surface area (Å²) in [7, 11) is 0. The van der Waals surface area contributed by atoms with Crippen molar-refractivity contribution in [2.75, 3.05) is 31.2 Å². The van der Waals surface area contributed by atoms with Gasteiger partial charge in [-0.1, -0.05) is 23.4 Å². The van der Waals surface area contributed by atoms with E-state index >= 15 is 0 Å². The molecule has 10 heteroatoms. The number of hydrogen-bond donors (Lipinski definition) is 0. The highest BCUT2D eigenvalue weighted by Crippen LogP contribution is 2.30. The highest BCUT2D eigenvalue weighted by molar-refractivity contribution is 5.82. The van der Waals surface area contributed by atoms with Crippen LogP contribution in [0.5, 0.6) is 0 Å². The predicted molar refractivity (Wildman–Crippen MR) is 100.0 cm³/mol. The second-order valence-corrected chi connectivity index (χ2v) is 6.31. The minimum atomic E-state index is -4.39. The number of oxime groups is 1. The Morgan fingerprint density at radius 3 is 2.48 bits per heavy atom. The zero-order valence-electron chi connectivity index (χ0n) is 15.3. The van der Waals surface area contributed by atoms with Crippen LogP contribution < -0.4 is 4.90 Å². The van der Waals surface area contributed by atoms with E-state index in [2.05, 4.69) is 5.16 Å². The van der Waals surface area contributed by atoms with Crippen molar-refractivity contribution < 1.29 is 27.7 Å². The van der Waals surface area contributed by atoms with Crippen molar-refractivity contribution in [1.29, 1.82) is 0 Å². The van der Waals surface area contributed by atoms with Crippen molar-refractivity contribution in [2.45, 2.75) is 12.8 Å². The van der Waals surface area contributed by atoms with Crippen molar-refractivity contribution in [3.63, 3.8) is 0 Å². The number of halogens is 3. The summed E-state index contributed by atoms with van der Waals surface area (Å²) in [5, 5.41) is 15.2. The topological polar surface area (TPSA) is 77.2 Å². The van der Waals surface area contributed by atoms with Gasteiger partial charge in [0.05, 0.1) is 29.9 Å². The number of benzene rings is 2. The van der Waals surface area contributed by atoms with Gasteiger partial charge in [0.15, 0.2) is 0 Å². The molecule has 0 aliphatic carbocycles. The first-order valence-electron chi connectivity index (χ1n) is 8.77. The molecule has 1 heterocycles. The molecule has 1 saturated heterocycles. The van der Waals surface area contributed by atoms with Crippen LogP contribution in [-0.4, -0.2) is 37.4 Å². The van der Waals surface area contributed by atoms with Crippen LogP contribution in [0, 0.1) is 10.1 Å². The number of nitro benzene ring substituents is 1. The zero-order valence-corrected chi connectivity index (χ0v) is 15.3. The summed E-state index contributed by atoms with van der Waals surface area (Å²) in [5.74, 6) is 0. The fourth-order valence-electron chi connectivity index (χ4n) is 2.84. The summed E-state index contributed by atoms with van der Waals surface area (Å²) in [6.07, 6.45) is -3.07. The number of nitro groups is 1. The Balaban J connectivity index is 1.63. The van der Waals surface area contributed by atoms with Crippen LogP contribution in [0.4, 0.5) is 24.5 Å². The Morgan fingerprint density at radius 2 is 1.86 bits per heavy atom. The molecule has 0 atom stereocenters. The second kappa shape index (κ2) is 8.91. The Bertz CT molecular complexity index is 879. The van der Waals surface area contributed by atoms with Crippen molar-refractivity contribution >= 4 is 17.6 Å². The lowest BCUT2D eigenvalue weighted by Gasteiger charge is -2.28. The number of ether oxygens (including phenoxy) is 1. The highest BCUT2D eigenvalue weighted by atomic mass is 19.4. The lowest BCUT2D eigenvalue weighted by Crippen LogP contribution is -2.36. The quantitative estimate of drug-likeness (QED) is 0.409. The van der Waals surface area contributed by atoms with Gasteiger partial charge in [0.25, 0.3) is 5.69 Å². The summed E-state index contributed by atoms with van der Waals surface area (Å²) >= 11 is 0. The Morgan fingerprint density at radius 1 is 1.17 bits per heavy atom. The lowest BCUT2D eigenvalue weighted by atomic mass is 10.1. The van der Waals surface area contributed by atoms with Crippen LogP contribution in [0.15, 0.2) is 47.6 Å². The Hall–Kier alpha value is -3.14. The number of rotatable bonds is 6. The summed E-state index contributed by atoms with van der Waals surface area (Å²) < 4.78 is 42.9. The lowest BCUT2D eigenvalue weighted by molar-refractivity contribution is -0.384. The molecule has 2 aromatic rings. The van der Waals surface area contributed by atoms with Crippen LogP contribution in [0.2, 0.25) is 0 Å². The summed E-state index contributed by atoms with van der Waals surface area (Å²) in [6.45, 7) is 2.15. The molecule has 0 bridgehead atoms. The molecule has 0 spiro atoms. The monoisotopic (exact) mass is 409 g/mol. The van der Waals surface area contributed by atoms with E-state index in [1.165, 1.54) is 24.4 Å². The SMILES string of the molecule is O=[N+]([O-])c1cc(/C=N/OCc2ccc(C(F)(F)F)cc2)ccc1N1CCOCC1. The van der Waals surface area contributed by atoms with E-state index in [1.54, 1.807) is 12.1 Å². The van der Waals surface area contributed by atoms with Gasteiger partial charge in [-0.05, 0) is 23.8 Å². The standard InChI is InChI=1S/C19H18F3N3O4/c20-19(21,22)16-4-1-14(2-5-16)13-29-23-12-15-3-6-17(18(11-15)25(26)27)24-7-9-28-10-8-24/h1-6,11-12H,7-10,13H2/b23-12+. The summed E-state index contributed by atoms with van der Waals surface area (Å²) in [6, 6.07) is 9.28. The Kier molecular flexibility index (Phi) is 6.32. The summed E-state index contributed by atoms with van der Waals surface area (Å²) in [5.41, 5.74) is 0.724. The first-order chi connectivity index (χ1) is 13.8. The minimum Gasteiger partial charge on any atom is -0.391 e. The van der Waals surface area contributed by atoms with Gasteiger partial charge >= 0.3 is 6.18 Å². The molecule has 0 unspecified atom stereocenters. The smallest absolute Gasteiger partial charge is 0.391 e. The molecule has 0 saturated carbocycles. The second-order valence-electron chi connectivity index (χ2n) is 6.31. The maximum atomic E-state index is 12.5. The van der Waals surface area contributed by atoms with Gasteiger partial charge in [0.2, 0.25) is 0 Å². The maximum Gasteiger partial charge on any atom is 0.416 e. The maximum absolute atomic E-state index is 12.5. The highest BCUT2D eigenvalue weighted by Gasteiger charge is 2.29. The Labute approximate surface area is 164 Å². The van der Waals surface area contributed by atoms with E-state index in [-0.39, 0.29) is 12.3 Å². The van der Waals surface area contributed by atoms with Crippen molar-refractivity contribution in [2.24, 2.45) is 5.16 Å². The van der Waals surface area contributed by atoms with Gasteiger partial charge in [0, 0.05) is 24.7 Å². The van der Waals surface area contributed by atoms with Crippen LogP contribution in [-0.2, 0) is 22.4 Å². The number of anilines is 1. The van der Waals surface area contributed by atoms with E-state index in [9.17, 15) is 23.3 Å². The first-order valence-corrected chi connectivity index (χ1v) is 8.77. The number of alkyl halides is 3. The van der Waals surface area contributed by atoms with Crippen LogP contribution in [0.25, 0.3) is 0 Å². The predicted octanol–water partition coefficient (Wildman–Crippen LogP) is 4.00. The number of hydrogen-bond acceptors (Lipinski definition) is 6. The third-order valence-electron chi connectivity index (χ3n) is 4.34. The average molecular weight is 409 g/mol. The fraction of sp³-hybridized carbons (Fsp3) is 0.316. The van der Waals surface area contributed by atoms with Crippen LogP contribution in [0.1, 0.15) is 16.7 Å². The van der Waals surface area contributed by atoms with E-state index in [1.807, 2.05) is 4.90 Å². The molecule has 1 aliphatic heterocycles. The number of nitrogens with zero attached hydrogens (tertiary/aromatic N) is 3. The van der Waals surface area contributed by atoms with E-state index in [4.69, 9.17) is 9.57 Å². The first kappa shape index (κ1) is 20.6. The van der Waals surface area contributed by atoms with Gasteiger partial charge in [-0.25, -0.2) is 0 Å². The molecule has 0 radical (unpaired) electrons. The average Bonchev–Trinajstić information content (AvgIpc) is 2.71. The third kappa shape index (κ3) is 5.44. The molecular weight excluding hydrogens is 391 g/mol. The summed E-state index contributed by atoms with van der Waals surface area (Å²) in [4.78, 5) is 17.9. The molecular formula is C19H18F3N3O4. The van der Waals surface area contributed by atoms with Gasteiger partial charge in [-0.2, -0.15) is 13.2 Å². The molecule has 7 nitrogen and oxygen atoms in total. The van der Waals surface area contributed by atoms with Gasteiger partial charge < -0.3 is 14.5 Å². The molecule has 3 rings (SSSR count). The van der Waals surface area contributed by atoms with Gasteiger partial charge in [-0.3, -0.25) is 10.1 Å². The fourth-order valence-corrected chi connectivity index (χ4v) is 2.84. The van der Waals surface area contributed by atoms with Gasteiger partial charge in [0.1, 0.15) is 12.3 Å². The molecule has 0 aromatic heterocycles.